The molecule has 0 spiro atoms. The number of nitrogens with zero attached hydrogens (tertiary/aromatic N) is 4. The molecule has 0 saturated carbocycles. The molecule has 46 heavy (non-hydrogen) atoms. The Kier molecular flexibility index (Phi) is 6.11. The van der Waals surface area contributed by atoms with Crippen LogP contribution in [-0.4, -0.2) is 9.13 Å². The molecule has 0 aliphatic carbocycles. The minimum atomic E-state index is 0.376. The van der Waals surface area contributed by atoms with Gasteiger partial charge in [-0.25, -0.2) is 0 Å². The van der Waals surface area contributed by atoms with Crippen LogP contribution in [-0.2, 0) is 0 Å². The molecule has 218 valence electrons. The first kappa shape index (κ1) is 27.4. The van der Waals surface area contributed by atoms with Gasteiger partial charge in [0.1, 0.15) is 12.1 Å². The molecule has 6 aromatic carbocycles. The van der Waals surface area contributed by atoms with Crippen LogP contribution in [0.25, 0.3) is 66.1 Å². The maximum Gasteiger partial charge on any atom is 0.101 e. The first-order valence-corrected chi connectivity index (χ1v) is 15.5. The fraction of sp³-hybridized carbons (Fsp3) is 0.0952. The summed E-state index contributed by atoms with van der Waals surface area (Å²) in [7, 11) is 0. The Hall–Kier alpha value is -6.10. The molecule has 0 amide bonds. The molecule has 0 N–H and O–H groups in total. The molecule has 0 atom stereocenters. The number of hydrogen-bond donors (Lipinski definition) is 0. The quantitative estimate of drug-likeness (QED) is 0.206. The van der Waals surface area contributed by atoms with E-state index in [4.69, 9.17) is 0 Å². The zero-order valence-electron chi connectivity index (χ0n) is 26.2. The van der Waals surface area contributed by atoms with Crippen molar-refractivity contribution in [3.05, 3.63) is 143 Å². The largest absolute Gasteiger partial charge is 0.308 e. The predicted octanol–water partition coefficient (Wildman–Crippen LogP) is 10.5. The van der Waals surface area contributed by atoms with Gasteiger partial charge in [0.05, 0.1) is 44.6 Å². The van der Waals surface area contributed by atoms with Gasteiger partial charge in [-0.05, 0) is 74.2 Å². The third kappa shape index (κ3) is 3.71. The van der Waals surface area contributed by atoms with Crippen LogP contribution in [0.3, 0.4) is 0 Å². The van der Waals surface area contributed by atoms with Crippen molar-refractivity contribution >= 4 is 43.6 Å². The number of aromatic nitrogens is 2. The Morgan fingerprint density at radius 1 is 0.478 bits per heavy atom. The van der Waals surface area contributed by atoms with Crippen molar-refractivity contribution in [1.29, 1.82) is 10.5 Å². The lowest BCUT2D eigenvalue weighted by Gasteiger charge is -2.18. The summed E-state index contributed by atoms with van der Waals surface area (Å²) in [6.07, 6.45) is 0. The molecule has 0 aliphatic heterocycles. The van der Waals surface area contributed by atoms with Crippen molar-refractivity contribution in [1.82, 2.24) is 9.13 Å². The first-order valence-electron chi connectivity index (χ1n) is 15.5. The van der Waals surface area contributed by atoms with Gasteiger partial charge < -0.3 is 9.13 Å². The SMILES string of the molecule is Cc1cccc(C)c1-n1c2ccccc2c2c1c(-c1cccc(C#N)c1C#N)cc1c3ccccc3n(-c3c(C)cccc3C)c12. The Morgan fingerprint density at radius 3 is 1.59 bits per heavy atom. The van der Waals surface area contributed by atoms with E-state index in [1.807, 2.05) is 12.1 Å². The number of rotatable bonds is 3. The molecule has 0 bridgehead atoms. The van der Waals surface area contributed by atoms with Gasteiger partial charge in [-0.1, -0.05) is 84.9 Å². The van der Waals surface area contributed by atoms with E-state index in [1.54, 1.807) is 6.07 Å². The Balaban J connectivity index is 1.74. The molecule has 4 nitrogen and oxygen atoms in total. The molecule has 0 fully saturated rings. The van der Waals surface area contributed by atoms with Crippen LogP contribution in [0.15, 0.2) is 109 Å². The van der Waals surface area contributed by atoms with E-state index in [-0.39, 0.29) is 0 Å². The summed E-state index contributed by atoms with van der Waals surface area (Å²) < 4.78 is 4.83. The minimum Gasteiger partial charge on any atom is -0.308 e. The number of nitriles is 2. The molecule has 2 heterocycles. The third-order valence-electron chi connectivity index (χ3n) is 9.48. The highest BCUT2D eigenvalue weighted by molar-refractivity contribution is 6.29. The van der Waals surface area contributed by atoms with E-state index in [2.05, 4.69) is 140 Å². The van der Waals surface area contributed by atoms with E-state index in [0.29, 0.717) is 11.1 Å². The summed E-state index contributed by atoms with van der Waals surface area (Å²) in [5.41, 5.74) is 13.9. The summed E-state index contributed by atoms with van der Waals surface area (Å²) >= 11 is 0. The molecule has 0 unspecified atom stereocenters. The highest BCUT2D eigenvalue weighted by Crippen LogP contribution is 2.47. The van der Waals surface area contributed by atoms with Gasteiger partial charge in [-0.3, -0.25) is 0 Å². The second kappa shape index (κ2) is 10.2. The fourth-order valence-electron chi connectivity index (χ4n) is 7.58. The lowest BCUT2D eigenvalue weighted by molar-refractivity contribution is 1.12. The average Bonchev–Trinajstić information content (AvgIpc) is 3.57. The van der Waals surface area contributed by atoms with Gasteiger partial charge in [0, 0.05) is 32.7 Å². The van der Waals surface area contributed by atoms with Crippen LogP contribution in [0.1, 0.15) is 33.4 Å². The predicted molar refractivity (Wildman–Crippen MR) is 189 cm³/mol. The van der Waals surface area contributed by atoms with E-state index < -0.39 is 0 Å². The summed E-state index contributed by atoms with van der Waals surface area (Å²) in [5.74, 6) is 0. The second-order valence-electron chi connectivity index (χ2n) is 12.2. The van der Waals surface area contributed by atoms with Gasteiger partial charge >= 0.3 is 0 Å². The van der Waals surface area contributed by atoms with Crippen molar-refractivity contribution in [2.24, 2.45) is 0 Å². The monoisotopic (exact) mass is 590 g/mol. The summed E-state index contributed by atoms with van der Waals surface area (Å²) in [5, 5.41) is 25.0. The van der Waals surface area contributed by atoms with Crippen LogP contribution < -0.4 is 0 Å². The Bertz CT molecular complexity index is 2610. The lowest BCUT2D eigenvalue weighted by atomic mass is 9.93. The van der Waals surface area contributed by atoms with Crippen LogP contribution in [0.5, 0.6) is 0 Å². The smallest absolute Gasteiger partial charge is 0.101 e. The number of hydrogen-bond acceptors (Lipinski definition) is 2. The molecule has 8 rings (SSSR count). The highest BCUT2D eigenvalue weighted by Gasteiger charge is 2.27. The molecule has 0 saturated heterocycles. The van der Waals surface area contributed by atoms with E-state index in [0.717, 1.165) is 71.6 Å². The fourth-order valence-corrected chi connectivity index (χ4v) is 7.58. The van der Waals surface area contributed by atoms with Crippen molar-refractivity contribution < 1.29 is 0 Å². The minimum absolute atomic E-state index is 0.376. The Labute approximate surface area is 267 Å². The maximum atomic E-state index is 10.5. The molecule has 0 radical (unpaired) electrons. The molecule has 0 aliphatic rings. The van der Waals surface area contributed by atoms with E-state index in [9.17, 15) is 10.5 Å². The first-order chi connectivity index (χ1) is 22.4. The van der Waals surface area contributed by atoms with Gasteiger partial charge in [0.25, 0.3) is 0 Å². The highest BCUT2D eigenvalue weighted by atomic mass is 15.0. The number of benzene rings is 6. The average molecular weight is 591 g/mol. The van der Waals surface area contributed by atoms with Gasteiger partial charge in [0.2, 0.25) is 0 Å². The second-order valence-corrected chi connectivity index (χ2v) is 12.2. The van der Waals surface area contributed by atoms with Crippen molar-refractivity contribution in [2.75, 3.05) is 0 Å². The van der Waals surface area contributed by atoms with E-state index >= 15 is 0 Å². The summed E-state index contributed by atoms with van der Waals surface area (Å²) in [6.45, 7) is 8.68. The van der Waals surface area contributed by atoms with Crippen LogP contribution in [0, 0.1) is 50.4 Å². The molecular formula is C42H30N4. The van der Waals surface area contributed by atoms with Crippen LogP contribution >= 0.6 is 0 Å². The van der Waals surface area contributed by atoms with Crippen molar-refractivity contribution in [3.63, 3.8) is 0 Å². The molecule has 8 aromatic rings. The normalized spacial score (nSPS) is 11.4. The van der Waals surface area contributed by atoms with Gasteiger partial charge in [-0.2, -0.15) is 10.5 Å². The number of fused-ring (bicyclic) bond motifs is 7. The topological polar surface area (TPSA) is 57.4 Å². The number of aryl methyl sites for hydroxylation is 4. The number of para-hydroxylation sites is 4. The van der Waals surface area contributed by atoms with Crippen LogP contribution in [0.2, 0.25) is 0 Å². The van der Waals surface area contributed by atoms with Crippen molar-refractivity contribution in [2.45, 2.75) is 27.7 Å². The van der Waals surface area contributed by atoms with Crippen LogP contribution in [0.4, 0.5) is 0 Å². The standard InChI is InChI=1S/C42H30N4/c1-25-12-9-13-26(2)39(25)45-36-20-7-5-17-31(36)34-22-33(30-19-11-16-29(23-43)35(30)24-44)41-38(42(34)45)32-18-6-8-21-37(32)46(41)40-27(3)14-10-15-28(40)4/h5-22H,1-4H3. The zero-order valence-corrected chi connectivity index (χ0v) is 26.2. The lowest BCUT2D eigenvalue weighted by Crippen LogP contribution is -2.03. The Morgan fingerprint density at radius 2 is 1.00 bits per heavy atom. The van der Waals surface area contributed by atoms with Gasteiger partial charge in [-0.15, -0.1) is 0 Å². The molecule has 4 heteroatoms. The molecular weight excluding hydrogens is 560 g/mol. The maximum absolute atomic E-state index is 10.5. The van der Waals surface area contributed by atoms with Gasteiger partial charge in [0.15, 0.2) is 0 Å². The van der Waals surface area contributed by atoms with E-state index in [1.165, 1.54) is 16.8 Å². The third-order valence-corrected chi connectivity index (χ3v) is 9.48. The summed E-state index contributed by atoms with van der Waals surface area (Å²) in [4.78, 5) is 0. The zero-order chi connectivity index (χ0) is 31.7. The van der Waals surface area contributed by atoms with Crippen molar-refractivity contribution in [3.8, 4) is 34.6 Å². The summed E-state index contributed by atoms with van der Waals surface area (Å²) in [6, 6.07) is 42.6. The molecule has 2 aromatic heterocycles.